The summed E-state index contributed by atoms with van der Waals surface area (Å²) in [6.45, 7) is 2.69. The van der Waals surface area contributed by atoms with Crippen LogP contribution in [0.25, 0.3) is 0 Å². The van der Waals surface area contributed by atoms with Gasteiger partial charge in [0.15, 0.2) is 12.6 Å². The van der Waals surface area contributed by atoms with E-state index in [-0.39, 0.29) is 18.9 Å². The number of aliphatic hydroxyl groups excluding tert-OH is 8. The Labute approximate surface area is 584 Å². The van der Waals surface area contributed by atoms with Crippen LogP contribution in [-0.2, 0) is 23.7 Å². The lowest BCUT2D eigenvalue weighted by Gasteiger charge is -2.46. The predicted octanol–water partition coefficient (Wildman–Crippen LogP) is 17.2. The number of ether oxygens (including phenoxy) is 4. The number of amides is 1. The van der Waals surface area contributed by atoms with Gasteiger partial charge in [-0.25, -0.2) is 0 Å². The first kappa shape index (κ1) is 88.5. The predicted molar refractivity (Wildman–Crippen MR) is 396 cm³/mol. The van der Waals surface area contributed by atoms with Gasteiger partial charge in [0.05, 0.1) is 32.0 Å². The Morgan fingerprint density at radius 2 is 0.719 bits per heavy atom. The molecule has 0 aromatic rings. The van der Waals surface area contributed by atoms with Crippen molar-refractivity contribution in [2.24, 2.45) is 0 Å². The first-order valence-corrected chi connectivity index (χ1v) is 38.8. The van der Waals surface area contributed by atoms with Gasteiger partial charge in [0.25, 0.3) is 0 Å². The van der Waals surface area contributed by atoms with Gasteiger partial charge in [-0.1, -0.05) is 322 Å². The second-order valence-corrected chi connectivity index (χ2v) is 26.8. The second kappa shape index (κ2) is 64.7. The molecule has 0 aliphatic carbocycles. The van der Waals surface area contributed by atoms with E-state index in [9.17, 15) is 45.6 Å². The summed E-state index contributed by atoms with van der Waals surface area (Å²) in [6.07, 6.45) is 78.4. The topological polar surface area (TPSA) is 228 Å². The van der Waals surface area contributed by atoms with E-state index >= 15 is 0 Å². The molecule has 0 spiro atoms. The highest BCUT2D eigenvalue weighted by Gasteiger charge is 2.51. The molecule has 12 atom stereocenters. The molecule has 9 N–H and O–H groups in total. The van der Waals surface area contributed by atoms with Crippen molar-refractivity contribution in [3.05, 3.63) is 122 Å². The maximum atomic E-state index is 13.4. The molecule has 14 nitrogen and oxygen atoms in total. The second-order valence-electron chi connectivity index (χ2n) is 26.8. The standard InChI is InChI=1S/C82H141NO13/c1-3-5-7-9-11-13-15-17-19-21-23-25-27-29-31-33-35-37-39-41-43-45-47-49-51-53-55-57-59-61-63-65-71(86)70(69-93-81-79(92)77(90)80(73(68-85)95-81)96-82-78(91)76(89)75(88)72(67-84)94-82)83-74(87)66-64-62-60-58-56-54-52-50-48-46-44-42-40-38-36-34-32-30-28-26-24-22-20-18-16-14-12-10-8-6-4-2/h6,8,12,14,18,20,24,26,30,32,36,38,42,44,48,50,54,56,63,65,70-73,75-82,84-86,88-92H,3-5,7,9-11,13,15-17,19,21-23,25,27-29,31,33-35,37,39-41,43,45-47,49,51-53,55,57-62,64,66-69H2,1-2H3,(H,83,87)/b8-6-,14-12-,20-18-,26-24-,32-30-,38-36-,44-42-,50-48-,56-54-,65-63+. The fourth-order valence-corrected chi connectivity index (χ4v) is 12.1. The van der Waals surface area contributed by atoms with Crippen molar-refractivity contribution in [3.8, 4) is 0 Å². The van der Waals surface area contributed by atoms with Crippen molar-refractivity contribution in [2.45, 2.75) is 370 Å². The fourth-order valence-electron chi connectivity index (χ4n) is 12.1. The number of aliphatic hydroxyl groups is 8. The van der Waals surface area contributed by atoms with Crippen LogP contribution in [0.2, 0.25) is 0 Å². The number of hydrogen-bond acceptors (Lipinski definition) is 13. The number of allylic oxidation sites excluding steroid dienone is 19. The van der Waals surface area contributed by atoms with Gasteiger partial charge < -0.3 is 65.1 Å². The molecular weight excluding hydrogens is 1210 g/mol. The molecule has 2 rings (SSSR count). The lowest BCUT2D eigenvalue weighted by atomic mass is 9.97. The molecule has 552 valence electrons. The minimum atomic E-state index is -1.80. The minimum absolute atomic E-state index is 0.234. The normalized spacial score (nSPS) is 22.9. The summed E-state index contributed by atoms with van der Waals surface area (Å²) >= 11 is 0. The van der Waals surface area contributed by atoms with Crippen LogP contribution in [0.4, 0.5) is 0 Å². The molecule has 2 saturated heterocycles. The van der Waals surface area contributed by atoms with E-state index in [0.717, 1.165) is 96.3 Å². The van der Waals surface area contributed by atoms with Crippen molar-refractivity contribution in [2.75, 3.05) is 19.8 Å². The monoisotopic (exact) mass is 1350 g/mol. The van der Waals surface area contributed by atoms with Gasteiger partial charge in [-0.15, -0.1) is 0 Å². The molecule has 1 amide bonds. The fraction of sp³-hybridized carbons (Fsp3) is 0.744. The zero-order valence-electron chi connectivity index (χ0n) is 60.3. The van der Waals surface area contributed by atoms with Crippen molar-refractivity contribution >= 4 is 5.91 Å². The van der Waals surface area contributed by atoms with E-state index in [0.29, 0.717) is 6.42 Å². The molecule has 0 aromatic carbocycles. The Morgan fingerprint density at radius 1 is 0.385 bits per heavy atom. The zero-order valence-corrected chi connectivity index (χ0v) is 60.3. The Balaban J connectivity index is 1.68. The number of carbonyl (C=O) groups excluding carboxylic acids is 1. The molecule has 0 aromatic heterocycles. The Bertz CT molecular complexity index is 2080. The first-order chi connectivity index (χ1) is 47.1. The highest BCUT2D eigenvalue weighted by atomic mass is 16.7. The Morgan fingerprint density at radius 3 is 1.10 bits per heavy atom. The average Bonchev–Trinajstić information content (AvgIpc) is 0.797. The summed E-state index contributed by atoms with van der Waals surface area (Å²) in [4.78, 5) is 13.4. The smallest absolute Gasteiger partial charge is 0.220 e. The summed E-state index contributed by atoms with van der Waals surface area (Å²) in [5.74, 6) is -0.273. The number of nitrogens with one attached hydrogen (secondary N) is 1. The van der Waals surface area contributed by atoms with Crippen LogP contribution in [0.3, 0.4) is 0 Å². The van der Waals surface area contributed by atoms with Gasteiger partial charge in [0.1, 0.15) is 48.8 Å². The van der Waals surface area contributed by atoms with E-state index in [4.69, 9.17) is 18.9 Å². The summed E-state index contributed by atoms with van der Waals surface area (Å²) in [7, 11) is 0. The van der Waals surface area contributed by atoms with E-state index in [1.165, 1.54) is 173 Å². The lowest BCUT2D eigenvalue weighted by Crippen LogP contribution is -2.65. The third-order valence-corrected chi connectivity index (χ3v) is 18.2. The molecule has 14 heteroatoms. The highest BCUT2D eigenvalue weighted by Crippen LogP contribution is 2.30. The van der Waals surface area contributed by atoms with Crippen LogP contribution >= 0.6 is 0 Å². The maximum absolute atomic E-state index is 13.4. The molecule has 2 fully saturated rings. The molecule has 2 aliphatic rings. The van der Waals surface area contributed by atoms with Gasteiger partial charge in [0.2, 0.25) is 5.91 Å². The number of unbranched alkanes of at least 4 members (excludes halogenated alkanes) is 32. The third-order valence-electron chi connectivity index (χ3n) is 18.2. The molecule has 2 heterocycles. The average molecular weight is 1350 g/mol. The largest absolute Gasteiger partial charge is 0.394 e. The zero-order chi connectivity index (χ0) is 69.4. The van der Waals surface area contributed by atoms with Crippen molar-refractivity contribution in [3.63, 3.8) is 0 Å². The SMILES string of the molecule is CC/C=C\C/C=C\C/C=C\C/C=C\C/C=C\C/C=C\C/C=C\C/C=C\C/C=C\CCCCCC(=O)NC(COC1OC(CO)C(OC2OC(CO)C(O)C(O)C2O)C(O)C1O)C(O)/C=C/CCCCCCCCCCCCCCCCCCCCCCCCCCCCCCC. The Kier molecular flexibility index (Phi) is 59.7. The van der Waals surface area contributed by atoms with Crippen molar-refractivity contribution in [1.82, 2.24) is 5.32 Å². The van der Waals surface area contributed by atoms with Crippen LogP contribution in [0.1, 0.15) is 296 Å². The lowest BCUT2D eigenvalue weighted by molar-refractivity contribution is -0.359. The first-order valence-electron chi connectivity index (χ1n) is 38.8. The van der Waals surface area contributed by atoms with E-state index < -0.39 is 86.8 Å². The number of hydrogen-bond donors (Lipinski definition) is 9. The van der Waals surface area contributed by atoms with Gasteiger partial charge in [-0.05, 0) is 89.9 Å². The van der Waals surface area contributed by atoms with Crippen LogP contribution in [0.5, 0.6) is 0 Å². The Hall–Kier alpha value is -3.61. The highest BCUT2D eigenvalue weighted by molar-refractivity contribution is 5.76. The van der Waals surface area contributed by atoms with Gasteiger partial charge in [-0.2, -0.15) is 0 Å². The van der Waals surface area contributed by atoms with Gasteiger partial charge in [0, 0.05) is 6.42 Å². The van der Waals surface area contributed by atoms with E-state index in [2.05, 4.69) is 129 Å². The molecule has 0 saturated carbocycles. The summed E-state index contributed by atoms with van der Waals surface area (Å²) < 4.78 is 22.9. The number of carbonyl (C=O) groups is 1. The summed E-state index contributed by atoms with van der Waals surface area (Å²) in [6, 6.07) is -0.944. The molecule has 12 unspecified atom stereocenters. The molecule has 0 radical (unpaired) electrons. The summed E-state index contributed by atoms with van der Waals surface area (Å²) in [5, 5.41) is 87.6. The number of rotatable bonds is 63. The van der Waals surface area contributed by atoms with Crippen LogP contribution in [-0.4, -0.2) is 140 Å². The quantitative estimate of drug-likeness (QED) is 0.0204. The van der Waals surface area contributed by atoms with Crippen LogP contribution in [0.15, 0.2) is 122 Å². The van der Waals surface area contributed by atoms with Crippen LogP contribution < -0.4 is 5.32 Å². The third kappa shape index (κ3) is 47.4. The molecular formula is C82H141NO13. The molecule has 0 bridgehead atoms. The van der Waals surface area contributed by atoms with Crippen molar-refractivity contribution in [1.29, 1.82) is 0 Å². The van der Waals surface area contributed by atoms with E-state index in [1.807, 2.05) is 6.08 Å². The van der Waals surface area contributed by atoms with Gasteiger partial charge in [-0.3, -0.25) is 4.79 Å². The van der Waals surface area contributed by atoms with E-state index in [1.54, 1.807) is 6.08 Å². The van der Waals surface area contributed by atoms with Crippen molar-refractivity contribution < 1.29 is 64.6 Å². The van der Waals surface area contributed by atoms with Crippen LogP contribution in [0, 0.1) is 0 Å². The maximum Gasteiger partial charge on any atom is 0.220 e. The summed E-state index contributed by atoms with van der Waals surface area (Å²) in [5.41, 5.74) is 0. The molecule has 2 aliphatic heterocycles. The minimum Gasteiger partial charge on any atom is -0.394 e. The molecule has 96 heavy (non-hydrogen) atoms. The van der Waals surface area contributed by atoms with Gasteiger partial charge >= 0.3 is 0 Å².